The maximum Gasteiger partial charge on any atom is 0.151 e. The maximum absolute atomic E-state index is 4.48. The van der Waals surface area contributed by atoms with Crippen LogP contribution >= 0.6 is 0 Å². The summed E-state index contributed by atoms with van der Waals surface area (Å²) in [6, 6.07) is 18.5. The van der Waals surface area contributed by atoms with Gasteiger partial charge in [0.05, 0.1) is 5.69 Å². The van der Waals surface area contributed by atoms with Crippen LogP contribution in [0, 0.1) is 0 Å². The number of anilines is 1. The third kappa shape index (κ3) is 4.06. The molecule has 5 nitrogen and oxygen atoms in total. The number of rotatable bonds is 4. The van der Waals surface area contributed by atoms with Crippen molar-refractivity contribution in [2.45, 2.75) is 13.0 Å². The van der Waals surface area contributed by atoms with Gasteiger partial charge < -0.3 is 4.90 Å². The predicted octanol–water partition coefficient (Wildman–Crippen LogP) is 3.25. The zero-order chi connectivity index (χ0) is 17.6. The molecule has 26 heavy (non-hydrogen) atoms. The minimum Gasteiger partial charge on any atom is -0.354 e. The van der Waals surface area contributed by atoms with E-state index < -0.39 is 0 Å². The second-order valence-corrected chi connectivity index (χ2v) is 6.62. The maximum atomic E-state index is 4.48. The summed E-state index contributed by atoms with van der Waals surface area (Å²) in [5, 5.41) is 8.90. The van der Waals surface area contributed by atoms with Gasteiger partial charge >= 0.3 is 0 Å². The van der Waals surface area contributed by atoms with Gasteiger partial charge in [-0.2, -0.15) is 0 Å². The number of benzene rings is 1. The van der Waals surface area contributed by atoms with Crippen LogP contribution in [-0.4, -0.2) is 46.3 Å². The van der Waals surface area contributed by atoms with Gasteiger partial charge in [0.2, 0.25) is 0 Å². The highest BCUT2D eigenvalue weighted by atomic mass is 15.3. The molecule has 2 aromatic heterocycles. The molecule has 1 aliphatic heterocycles. The van der Waals surface area contributed by atoms with Crippen molar-refractivity contribution in [2.24, 2.45) is 0 Å². The van der Waals surface area contributed by atoms with Crippen LogP contribution in [0.2, 0.25) is 0 Å². The molecule has 3 aromatic rings. The average molecular weight is 345 g/mol. The lowest BCUT2D eigenvalue weighted by atomic mass is 10.1. The first-order valence-electron chi connectivity index (χ1n) is 9.14. The fourth-order valence-electron chi connectivity index (χ4n) is 3.36. The van der Waals surface area contributed by atoms with Gasteiger partial charge in [0.1, 0.15) is 0 Å². The molecule has 1 aliphatic rings. The number of hydrogen-bond acceptors (Lipinski definition) is 5. The van der Waals surface area contributed by atoms with Crippen LogP contribution in [0.3, 0.4) is 0 Å². The van der Waals surface area contributed by atoms with Crippen molar-refractivity contribution in [3.05, 3.63) is 72.6 Å². The number of nitrogens with zero attached hydrogens (tertiary/aromatic N) is 5. The molecule has 3 heterocycles. The van der Waals surface area contributed by atoms with Crippen molar-refractivity contribution in [2.75, 3.05) is 31.1 Å². The Morgan fingerprint density at radius 1 is 0.808 bits per heavy atom. The van der Waals surface area contributed by atoms with Gasteiger partial charge in [-0.05, 0) is 30.2 Å². The number of pyridine rings is 1. The van der Waals surface area contributed by atoms with E-state index in [4.69, 9.17) is 0 Å². The third-order valence-corrected chi connectivity index (χ3v) is 4.76. The highest BCUT2D eigenvalue weighted by Gasteiger charge is 2.16. The lowest BCUT2D eigenvalue weighted by Gasteiger charge is -2.22. The molecule has 1 fully saturated rings. The SMILES string of the molecule is c1ccc(-c2ccc(N3CCCN(Cc4cccnc4)CC3)nn2)cc1. The molecule has 132 valence electrons. The summed E-state index contributed by atoms with van der Waals surface area (Å²) in [7, 11) is 0. The van der Waals surface area contributed by atoms with Crippen LogP contribution < -0.4 is 4.90 Å². The lowest BCUT2D eigenvalue weighted by molar-refractivity contribution is 0.285. The molecule has 0 atom stereocenters. The van der Waals surface area contributed by atoms with E-state index in [1.165, 1.54) is 5.56 Å². The van der Waals surface area contributed by atoms with E-state index >= 15 is 0 Å². The fourth-order valence-corrected chi connectivity index (χ4v) is 3.36. The Morgan fingerprint density at radius 2 is 1.73 bits per heavy atom. The Hall–Kier alpha value is -2.79. The molecule has 0 bridgehead atoms. The average Bonchev–Trinajstić information content (AvgIpc) is 2.95. The fraction of sp³-hybridized carbons (Fsp3) is 0.286. The quantitative estimate of drug-likeness (QED) is 0.726. The Labute approximate surface area is 154 Å². The highest BCUT2D eigenvalue weighted by molar-refractivity contribution is 5.59. The third-order valence-electron chi connectivity index (χ3n) is 4.76. The molecule has 1 saturated heterocycles. The summed E-state index contributed by atoms with van der Waals surface area (Å²) in [6.07, 6.45) is 4.91. The summed E-state index contributed by atoms with van der Waals surface area (Å²) in [5.41, 5.74) is 3.29. The highest BCUT2D eigenvalue weighted by Crippen LogP contribution is 2.19. The molecule has 0 spiro atoms. The van der Waals surface area contributed by atoms with Crippen LogP contribution in [0.15, 0.2) is 67.0 Å². The van der Waals surface area contributed by atoms with E-state index in [0.717, 1.165) is 56.2 Å². The summed E-state index contributed by atoms with van der Waals surface area (Å²) >= 11 is 0. The minimum absolute atomic E-state index is 0.919. The molecule has 0 amide bonds. The first-order chi connectivity index (χ1) is 12.9. The van der Waals surface area contributed by atoms with E-state index in [-0.39, 0.29) is 0 Å². The summed E-state index contributed by atoms with van der Waals surface area (Å²) in [4.78, 5) is 9.04. The summed E-state index contributed by atoms with van der Waals surface area (Å²) in [6.45, 7) is 5.07. The Kier molecular flexibility index (Phi) is 5.17. The van der Waals surface area contributed by atoms with Crippen LogP contribution in [-0.2, 0) is 6.54 Å². The molecular weight excluding hydrogens is 322 g/mol. The van der Waals surface area contributed by atoms with E-state index in [1.807, 2.05) is 36.7 Å². The van der Waals surface area contributed by atoms with Gasteiger partial charge in [0.15, 0.2) is 5.82 Å². The van der Waals surface area contributed by atoms with E-state index in [9.17, 15) is 0 Å². The molecule has 4 rings (SSSR count). The van der Waals surface area contributed by atoms with Crippen molar-refractivity contribution < 1.29 is 0 Å². The Morgan fingerprint density at radius 3 is 2.50 bits per heavy atom. The van der Waals surface area contributed by atoms with Crippen LogP contribution in [0.4, 0.5) is 5.82 Å². The van der Waals surface area contributed by atoms with Gasteiger partial charge in [0, 0.05) is 50.7 Å². The van der Waals surface area contributed by atoms with Gasteiger partial charge in [-0.1, -0.05) is 36.4 Å². The van der Waals surface area contributed by atoms with Crippen molar-refractivity contribution in [1.29, 1.82) is 0 Å². The van der Waals surface area contributed by atoms with Crippen molar-refractivity contribution in [1.82, 2.24) is 20.1 Å². The lowest BCUT2D eigenvalue weighted by Crippen LogP contribution is -2.31. The largest absolute Gasteiger partial charge is 0.354 e. The molecule has 0 radical (unpaired) electrons. The summed E-state index contributed by atoms with van der Waals surface area (Å²) in [5.74, 6) is 0.966. The van der Waals surface area contributed by atoms with Gasteiger partial charge in [-0.15, -0.1) is 10.2 Å². The molecule has 1 aromatic carbocycles. The zero-order valence-electron chi connectivity index (χ0n) is 14.8. The molecule has 5 heteroatoms. The van der Waals surface area contributed by atoms with Crippen molar-refractivity contribution in [3.63, 3.8) is 0 Å². The van der Waals surface area contributed by atoms with Crippen LogP contribution in [0.5, 0.6) is 0 Å². The van der Waals surface area contributed by atoms with Gasteiger partial charge in [0.25, 0.3) is 0 Å². The van der Waals surface area contributed by atoms with E-state index in [1.54, 1.807) is 0 Å². The van der Waals surface area contributed by atoms with Crippen LogP contribution in [0.25, 0.3) is 11.3 Å². The normalized spacial score (nSPS) is 15.6. The number of aromatic nitrogens is 3. The van der Waals surface area contributed by atoms with Crippen LogP contribution in [0.1, 0.15) is 12.0 Å². The van der Waals surface area contributed by atoms with Crippen molar-refractivity contribution in [3.8, 4) is 11.3 Å². The monoisotopic (exact) mass is 345 g/mol. The molecule has 0 unspecified atom stereocenters. The van der Waals surface area contributed by atoms with E-state index in [2.05, 4.69) is 55.3 Å². The second kappa shape index (κ2) is 8.06. The van der Waals surface area contributed by atoms with Gasteiger partial charge in [-0.3, -0.25) is 9.88 Å². The molecule has 0 N–H and O–H groups in total. The topological polar surface area (TPSA) is 45.2 Å². The smallest absolute Gasteiger partial charge is 0.151 e. The first kappa shape index (κ1) is 16.7. The first-order valence-corrected chi connectivity index (χ1v) is 9.14. The second-order valence-electron chi connectivity index (χ2n) is 6.62. The van der Waals surface area contributed by atoms with Crippen molar-refractivity contribution >= 4 is 5.82 Å². The Bertz CT molecular complexity index is 805. The summed E-state index contributed by atoms with van der Waals surface area (Å²) < 4.78 is 0. The molecular formula is C21H23N5. The molecule has 0 aliphatic carbocycles. The zero-order valence-corrected chi connectivity index (χ0v) is 14.8. The standard InChI is InChI=1S/C21H23N5/c1-2-7-19(8-3-1)20-9-10-21(24-23-20)26-13-5-12-25(14-15-26)17-18-6-4-11-22-16-18/h1-4,6-11,16H,5,12-15,17H2. The van der Waals surface area contributed by atoms with E-state index in [0.29, 0.717) is 0 Å². The van der Waals surface area contributed by atoms with Gasteiger partial charge in [-0.25, -0.2) is 0 Å². The minimum atomic E-state index is 0.919. The predicted molar refractivity (Wildman–Crippen MR) is 104 cm³/mol. The molecule has 0 saturated carbocycles. The Balaban J connectivity index is 1.39. The number of hydrogen-bond donors (Lipinski definition) is 0.